The van der Waals surface area contributed by atoms with Crippen LogP contribution in [-0.2, 0) is 32.0 Å². The van der Waals surface area contributed by atoms with Gasteiger partial charge in [-0.1, -0.05) is 43.3 Å². The van der Waals surface area contributed by atoms with Gasteiger partial charge in [0.25, 0.3) is 5.78 Å². The summed E-state index contributed by atoms with van der Waals surface area (Å²) in [5.74, 6) is -3.38. The first-order chi connectivity index (χ1) is 20.5. The molecular weight excluding hydrogens is 565 g/mol. The summed E-state index contributed by atoms with van der Waals surface area (Å²) >= 11 is 0. The van der Waals surface area contributed by atoms with E-state index in [0.29, 0.717) is 23.0 Å². The lowest BCUT2D eigenvalue weighted by atomic mass is 10.0. The van der Waals surface area contributed by atoms with E-state index in [1.54, 1.807) is 37.3 Å². The van der Waals surface area contributed by atoms with Crippen molar-refractivity contribution >= 4 is 40.2 Å². The molecule has 2 heterocycles. The summed E-state index contributed by atoms with van der Waals surface area (Å²) in [6.45, 7) is 2.38. The van der Waals surface area contributed by atoms with E-state index in [4.69, 9.17) is 0 Å². The molecule has 0 bridgehead atoms. The van der Waals surface area contributed by atoms with Crippen molar-refractivity contribution in [3.05, 3.63) is 71.4 Å². The van der Waals surface area contributed by atoms with Gasteiger partial charge in [-0.2, -0.15) is 13.2 Å². The van der Waals surface area contributed by atoms with Crippen LogP contribution in [0.3, 0.4) is 0 Å². The van der Waals surface area contributed by atoms with Crippen molar-refractivity contribution in [3.63, 3.8) is 0 Å². The molecular formula is C30H33F3N6O4. The van der Waals surface area contributed by atoms with E-state index >= 15 is 0 Å². The summed E-state index contributed by atoms with van der Waals surface area (Å²) in [4.78, 5) is 59.6. The normalized spacial score (nSPS) is 14.6. The first kappa shape index (κ1) is 31.3. The zero-order chi connectivity index (χ0) is 31.1. The van der Waals surface area contributed by atoms with Gasteiger partial charge in [0.2, 0.25) is 17.7 Å². The molecule has 0 saturated heterocycles. The standard InChI is InChI=1S/C30H33F3N6O4/c1-3-25(40)38-24(14-18-7-6-8-19(13-18)28-34-11-12-39(28)2)29(43)36-17-26(41)37-23(27(42)30(31,32)33)15-20-16-35-22-10-5-4-9-21(20)22/h4-10,13,16,23-24,35H,3,11-12,14-15,17H2,1-2H3,(H,36,43)(H,37,41)(H,38,40). The largest absolute Gasteiger partial charge is 0.452 e. The minimum Gasteiger partial charge on any atom is -0.361 e. The van der Waals surface area contributed by atoms with Gasteiger partial charge in [0.1, 0.15) is 17.9 Å². The van der Waals surface area contributed by atoms with E-state index < -0.39 is 54.7 Å². The first-order valence-corrected chi connectivity index (χ1v) is 13.8. The highest BCUT2D eigenvalue weighted by Gasteiger charge is 2.44. The molecule has 1 aromatic heterocycles. The van der Waals surface area contributed by atoms with Crippen LogP contribution in [0, 0.1) is 0 Å². The third kappa shape index (κ3) is 7.99. The number of hydrogen-bond acceptors (Lipinski definition) is 6. The number of nitrogens with zero attached hydrogens (tertiary/aromatic N) is 2. The maximum atomic E-state index is 13.4. The van der Waals surface area contributed by atoms with E-state index in [2.05, 4.69) is 25.9 Å². The highest BCUT2D eigenvalue weighted by atomic mass is 19.4. The number of carbonyl (C=O) groups is 4. The number of likely N-dealkylation sites (N-methyl/N-ethyl adjacent to an activating group) is 1. The molecule has 2 unspecified atom stereocenters. The molecule has 0 saturated carbocycles. The number of nitrogens with one attached hydrogen (secondary N) is 4. The Morgan fingerprint density at radius 2 is 1.74 bits per heavy atom. The number of ketones is 1. The zero-order valence-corrected chi connectivity index (χ0v) is 23.8. The Hall–Kier alpha value is -4.68. The number of fused-ring (bicyclic) bond motifs is 1. The Morgan fingerprint density at radius 3 is 2.44 bits per heavy atom. The number of Topliss-reactive ketones (excluding diaryl/α,β-unsaturated/α-hetero) is 1. The van der Waals surface area contributed by atoms with Gasteiger partial charge in [0, 0.05) is 55.5 Å². The molecule has 0 aliphatic carbocycles. The van der Waals surface area contributed by atoms with Crippen LogP contribution in [0.4, 0.5) is 13.2 Å². The van der Waals surface area contributed by atoms with Crippen LogP contribution in [0.5, 0.6) is 0 Å². The molecule has 4 rings (SSSR count). The topological polar surface area (TPSA) is 136 Å². The van der Waals surface area contributed by atoms with Crippen LogP contribution in [0.1, 0.15) is 30.0 Å². The summed E-state index contributed by atoms with van der Waals surface area (Å²) in [5, 5.41) is 7.76. The van der Waals surface area contributed by atoms with E-state index in [1.807, 2.05) is 30.1 Å². The number of H-pyrrole nitrogens is 1. The van der Waals surface area contributed by atoms with Gasteiger partial charge in [-0.15, -0.1) is 0 Å². The number of para-hydroxylation sites is 1. The molecule has 0 fully saturated rings. The van der Waals surface area contributed by atoms with E-state index in [9.17, 15) is 32.3 Å². The fraction of sp³-hybridized carbons (Fsp3) is 0.367. The van der Waals surface area contributed by atoms with Crippen molar-refractivity contribution in [2.45, 2.75) is 44.4 Å². The average Bonchev–Trinajstić information content (AvgIpc) is 3.60. The number of aliphatic imine (C=N–C) groups is 1. The molecule has 4 N–H and O–H groups in total. The third-order valence-electron chi connectivity index (χ3n) is 7.11. The van der Waals surface area contributed by atoms with E-state index in [0.717, 1.165) is 23.5 Å². The number of amides is 3. The summed E-state index contributed by atoms with van der Waals surface area (Å²) in [7, 11) is 1.93. The maximum Gasteiger partial charge on any atom is 0.452 e. The van der Waals surface area contributed by atoms with Gasteiger partial charge < -0.3 is 25.8 Å². The Bertz CT molecular complexity index is 1530. The lowest BCUT2D eigenvalue weighted by molar-refractivity contribution is -0.173. The van der Waals surface area contributed by atoms with Crippen LogP contribution < -0.4 is 16.0 Å². The lowest BCUT2D eigenvalue weighted by Gasteiger charge is -2.21. The van der Waals surface area contributed by atoms with Crippen molar-refractivity contribution < 1.29 is 32.3 Å². The van der Waals surface area contributed by atoms with Crippen LogP contribution in [-0.4, -0.2) is 84.2 Å². The number of benzene rings is 2. The fourth-order valence-corrected chi connectivity index (χ4v) is 4.89. The van der Waals surface area contributed by atoms with Gasteiger partial charge in [-0.25, -0.2) is 0 Å². The van der Waals surface area contributed by atoms with Gasteiger partial charge >= 0.3 is 6.18 Å². The summed E-state index contributed by atoms with van der Waals surface area (Å²) < 4.78 is 40.2. The monoisotopic (exact) mass is 598 g/mol. The van der Waals surface area contributed by atoms with Gasteiger partial charge in [-0.05, 0) is 23.3 Å². The van der Waals surface area contributed by atoms with Crippen LogP contribution in [0.15, 0.2) is 59.7 Å². The minimum absolute atomic E-state index is 0.0970. The lowest BCUT2D eigenvalue weighted by Crippen LogP contribution is -2.53. The predicted molar refractivity (Wildman–Crippen MR) is 154 cm³/mol. The Balaban J connectivity index is 1.43. The van der Waals surface area contributed by atoms with E-state index in [-0.39, 0.29) is 12.8 Å². The van der Waals surface area contributed by atoms with Crippen molar-refractivity contribution in [1.29, 1.82) is 0 Å². The molecule has 3 amide bonds. The zero-order valence-electron chi connectivity index (χ0n) is 23.8. The number of rotatable bonds is 12. The van der Waals surface area contributed by atoms with Crippen molar-refractivity contribution in [3.8, 4) is 0 Å². The maximum absolute atomic E-state index is 13.4. The summed E-state index contributed by atoms with van der Waals surface area (Å²) in [5.41, 5.74) is 2.68. The molecule has 1 aliphatic rings. The fourth-order valence-electron chi connectivity index (χ4n) is 4.89. The number of amidine groups is 1. The quantitative estimate of drug-likeness (QED) is 0.254. The van der Waals surface area contributed by atoms with Crippen molar-refractivity contribution in [2.75, 3.05) is 26.7 Å². The second-order valence-electron chi connectivity index (χ2n) is 10.3. The molecule has 0 spiro atoms. The van der Waals surface area contributed by atoms with Gasteiger partial charge in [-0.3, -0.25) is 24.2 Å². The highest BCUT2D eigenvalue weighted by Crippen LogP contribution is 2.23. The molecule has 10 nitrogen and oxygen atoms in total. The Labute approximate surface area is 246 Å². The smallest absolute Gasteiger partial charge is 0.361 e. The molecule has 1 aliphatic heterocycles. The number of alkyl halides is 3. The molecule has 2 aromatic carbocycles. The molecule has 13 heteroatoms. The number of carbonyl (C=O) groups excluding carboxylic acids is 4. The van der Waals surface area contributed by atoms with Crippen molar-refractivity contribution in [1.82, 2.24) is 25.8 Å². The number of halogens is 3. The Kier molecular flexibility index (Phi) is 9.84. The van der Waals surface area contributed by atoms with Crippen LogP contribution >= 0.6 is 0 Å². The highest BCUT2D eigenvalue weighted by molar-refractivity contribution is 6.00. The third-order valence-corrected chi connectivity index (χ3v) is 7.11. The minimum atomic E-state index is -5.18. The number of hydrogen-bond donors (Lipinski definition) is 4. The van der Waals surface area contributed by atoms with Crippen LogP contribution in [0.25, 0.3) is 10.9 Å². The van der Waals surface area contributed by atoms with Crippen LogP contribution in [0.2, 0.25) is 0 Å². The summed E-state index contributed by atoms with van der Waals surface area (Å²) in [6.07, 6.45) is -3.90. The molecule has 43 heavy (non-hydrogen) atoms. The average molecular weight is 599 g/mol. The van der Waals surface area contributed by atoms with E-state index in [1.165, 1.54) is 6.20 Å². The predicted octanol–water partition coefficient (Wildman–Crippen LogP) is 2.27. The van der Waals surface area contributed by atoms with Gasteiger partial charge in [0.15, 0.2) is 0 Å². The Morgan fingerprint density at radius 1 is 1.00 bits per heavy atom. The number of aromatic amines is 1. The van der Waals surface area contributed by atoms with Gasteiger partial charge in [0.05, 0.1) is 13.1 Å². The second-order valence-corrected chi connectivity index (χ2v) is 10.3. The molecule has 2 atom stereocenters. The summed E-state index contributed by atoms with van der Waals surface area (Å²) in [6, 6.07) is 11.3. The second kappa shape index (κ2) is 13.5. The van der Waals surface area contributed by atoms with Crippen molar-refractivity contribution in [2.24, 2.45) is 4.99 Å². The first-order valence-electron chi connectivity index (χ1n) is 13.8. The molecule has 228 valence electrons. The molecule has 3 aromatic rings. The molecule has 0 radical (unpaired) electrons. The number of aromatic nitrogens is 1. The SMILES string of the molecule is CCC(=O)NC(Cc1cccc(C2=NCCN2C)c1)C(=O)NCC(=O)NC(Cc1c[nH]c2ccccc12)C(=O)C(F)(F)F.